The summed E-state index contributed by atoms with van der Waals surface area (Å²) < 4.78 is 45.8. The van der Waals surface area contributed by atoms with Crippen molar-refractivity contribution in [1.29, 1.82) is 0 Å². The van der Waals surface area contributed by atoms with Crippen molar-refractivity contribution in [2.75, 3.05) is 38.8 Å². The lowest BCUT2D eigenvalue weighted by molar-refractivity contribution is -0.158. The second kappa shape index (κ2) is 13.8. The number of aliphatic hydroxyl groups excluding tert-OH is 1. The maximum atomic E-state index is 13.9. The molecular formula is C31H42N2O8S. The summed E-state index contributed by atoms with van der Waals surface area (Å²) >= 11 is 0. The van der Waals surface area contributed by atoms with Crippen LogP contribution in [0.15, 0.2) is 59.5 Å². The second-order valence-corrected chi connectivity index (χ2v) is 13.5. The Hall–Kier alpha value is -2.54. The van der Waals surface area contributed by atoms with Crippen molar-refractivity contribution in [3.63, 3.8) is 0 Å². The fraction of sp³-hybridized carbons (Fsp3) is 0.581. The lowest BCUT2D eigenvalue weighted by atomic mass is 9.91. The Balaban J connectivity index is 1.35. The van der Waals surface area contributed by atoms with E-state index in [4.69, 9.17) is 19.0 Å². The van der Waals surface area contributed by atoms with Crippen molar-refractivity contribution in [3.05, 3.63) is 60.2 Å². The van der Waals surface area contributed by atoms with Gasteiger partial charge in [-0.15, -0.1) is 0 Å². The highest BCUT2D eigenvalue weighted by molar-refractivity contribution is 7.89. The molecule has 0 unspecified atom stereocenters. The molecule has 5 rings (SSSR count). The third kappa shape index (κ3) is 7.50. The molecule has 3 aliphatic rings. The first-order valence-electron chi connectivity index (χ1n) is 14.8. The van der Waals surface area contributed by atoms with Crippen LogP contribution < -0.4 is 4.90 Å². The summed E-state index contributed by atoms with van der Waals surface area (Å²) in [5.41, 5.74) is 1.65. The molecule has 1 saturated carbocycles. The van der Waals surface area contributed by atoms with Crippen LogP contribution in [-0.4, -0.2) is 82.4 Å². The SMILES string of the molecule is CN(C)c1cccc(S(=O)(=O)N(C[C@@H](O)[C@@H](CC(=O)O[C@H]2CO[C@H]3OCC[C@H]32)Cc2ccccc2)OC2CCCC2)c1. The van der Waals surface area contributed by atoms with Crippen molar-refractivity contribution in [1.82, 2.24) is 4.47 Å². The van der Waals surface area contributed by atoms with Crippen LogP contribution in [0.3, 0.4) is 0 Å². The molecule has 1 N–H and O–H groups in total. The van der Waals surface area contributed by atoms with Gasteiger partial charge in [-0.1, -0.05) is 53.7 Å². The van der Waals surface area contributed by atoms with Crippen LogP contribution in [0, 0.1) is 11.8 Å². The monoisotopic (exact) mass is 602 g/mol. The summed E-state index contributed by atoms with van der Waals surface area (Å²) in [5, 5.41) is 11.6. The van der Waals surface area contributed by atoms with Crippen LogP contribution in [0.25, 0.3) is 0 Å². The highest BCUT2D eigenvalue weighted by Gasteiger charge is 2.44. The van der Waals surface area contributed by atoms with Crippen molar-refractivity contribution < 1.29 is 37.4 Å². The van der Waals surface area contributed by atoms with Gasteiger partial charge in [0.05, 0.1) is 49.2 Å². The molecule has 10 nitrogen and oxygen atoms in total. The van der Waals surface area contributed by atoms with Crippen molar-refractivity contribution in [2.24, 2.45) is 11.8 Å². The van der Waals surface area contributed by atoms with E-state index in [1.54, 1.807) is 12.1 Å². The van der Waals surface area contributed by atoms with E-state index in [2.05, 4.69) is 0 Å². The third-order valence-electron chi connectivity index (χ3n) is 8.39. The van der Waals surface area contributed by atoms with Crippen LogP contribution in [-0.2, 0) is 40.3 Å². The first kappa shape index (κ1) is 30.9. The minimum atomic E-state index is -4.13. The van der Waals surface area contributed by atoms with E-state index in [1.165, 1.54) is 6.07 Å². The van der Waals surface area contributed by atoms with Crippen LogP contribution in [0.5, 0.6) is 0 Å². The Morgan fingerprint density at radius 3 is 2.55 bits per heavy atom. The molecule has 5 atom stereocenters. The Morgan fingerprint density at radius 1 is 1.05 bits per heavy atom. The van der Waals surface area contributed by atoms with E-state index >= 15 is 0 Å². The van der Waals surface area contributed by atoms with Crippen molar-refractivity contribution in [2.45, 2.75) is 74.4 Å². The summed E-state index contributed by atoms with van der Waals surface area (Å²) in [7, 11) is -0.444. The number of hydroxylamine groups is 1. The molecule has 230 valence electrons. The quantitative estimate of drug-likeness (QED) is 0.272. The number of hydrogen-bond acceptors (Lipinski definition) is 9. The van der Waals surface area contributed by atoms with Crippen LogP contribution in [0.1, 0.15) is 44.1 Å². The molecule has 0 bridgehead atoms. The van der Waals surface area contributed by atoms with Gasteiger partial charge in [0.25, 0.3) is 10.0 Å². The van der Waals surface area contributed by atoms with E-state index in [0.29, 0.717) is 13.0 Å². The zero-order chi connectivity index (χ0) is 29.7. The molecule has 0 radical (unpaired) electrons. The van der Waals surface area contributed by atoms with Gasteiger partial charge in [0, 0.05) is 25.7 Å². The molecule has 2 aromatic carbocycles. The molecule has 2 saturated heterocycles. The van der Waals surface area contributed by atoms with Gasteiger partial charge >= 0.3 is 5.97 Å². The highest BCUT2D eigenvalue weighted by atomic mass is 32.2. The number of carbonyl (C=O) groups is 1. The lowest BCUT2D eigenvalue weighted by Gasteiger charge is -2.30. The smallest absolute Gasteiger partial charge is 0.306 e. The fourth-order valence-corrected chi connectivity index (χ4v) is 7.28. The normalized spacial score (nSPS) is 24.0. The highest BCUT2D eigenvalue weighted by Crippen LogP contribution is 2.34. The topological polar surface area (TPSA) is 115 Å². The first-order chi connectivity index (χ1) is 20.2. The predicted molar refractivity (Wildman–Crippen MR) is 156 cm³/mol. The van der Waals surface area contributed by atoms with Gasteiger partial charge in [-0.2, -0.15) is 0 Å². The number of benzene rings is 2. The number of aliphatic hydroxyl groups is 1. The summed E-state index contributed by atoms with van der Waals surface area (Å²) in [4.78, 5) is 21.2. The number of ether oxygens (including phenoxy) is 3. The minimum Gasteiger partial charge on any atom is -0.459 e. The van der Waals surface area contributed by atoms with E-state index in [0.717, 1.165) is 47.8 Å². The standard InChI is InChI=1S/C31H42N2O8S/c1-32(2)24-11-8-14-26(19-24)42(36,37)33(41-25-12-6-7-13-25)20-28(34)23(17-22-9-4-3-5-10-22)18-30(35)40-29-21-39-31-27(29)15-16-38-31/h3-5,8-11,14,19,23,25,27-29,31,34H,6-7,12-13,15-18,20-21H2,1-2H3/t23-,27+,28-,29+,31-/m1/s1. The summed E-state index contributed by atoms with van der Waals surface area (Å²) in [6.45, 7) is 0.530. The van der Waals surface area contributed by atoms with Gasteiger partial charge < -0.3 is 24.2 Å². The molecule has 0 spiro atoms. The molecule has 0 aromatic heterocycles. The van der Waals surface area contributed by atoms with Crippen molar-refractivity contribution in [3.8, 4) is 0 Å². The Morgan fingerprint density at radius 2 is 1.81 bits per heavy atom. The molecule has 11 heteroatoms. The van der Waals surface area contributed by atoms with E-state index in [-0.39, 0.29) is 42.8 Å². The summed E-state index contributed by atoms with van der Waals surface area (Å²) in [6.07, 6.45) is 2.24. The number of sulfonamides is 1. The minimum absolute atomic E-state index is 0.00446. The molecular weight excluding hydrogens is 560 g/mol. The number of hydrogen-bond donors (Lipinski definition) is 1. The number of rotatable bonds is 13. The average molecular weight is 603 g/mol. The number of carbonyl (C=O) groups excluding carboxylic acids is 1. The van der Waals surface area contributed by atoms with Gasteiger partial charge in [0.15, 0.2) is 6.29 Å². The maximum absolute atomic E-state index is 13.9. The second-order valence-electron chi connectivity index (χ2n) is 11.7. The summed E-state index contributed by atoms with van der Waals surface area (Å²) in [6, 6.07) is 16.2. The van der Waals surface area contributed by atoms with Gasteiger partial charge in [0.2, 0.25) is 0 Å². The molecule has 42 heavy (non-hydrogen) atoms. The molecule has 3 fully saturated rings. The zero-order valence-corrected chi connectivity index (χ0v) is 25.2. The lowest BCUT2D eigenvalue weighted by Crippen LogP contribution is -2.43. The fourth-order valence-electron chi connectivity index (χ4n) is 5.94. The first-order valence-corrected chi connectivity index (χ1v) is 16.3. The molecule has 2 heterocycles. The van der Waals surface area contributed by atoms with Crippen LogP contribution in [0.4, 0.5) is 5.69 Å². The number of fused-ring (bicyclic) bond motifs is 1. The van der Waals surface area contributed by atoms with Crippen molar-refractivity contribution >= 4 is 21.7 Å². The Bertz CT molecular complexity index is 1280. The number of anilines is 1. The molecule has 2 aromatic rings. The Labute approximate surface area is 248 Å². The van der Waals surface area contributed by atoms with E-state index in [9.17, 15) is 18.3 Å². The number of nitrogens with zero attached hydrogens (tertiary/aromatic N) is 2. The zero-order valence-electron chi connectivity index (χ0n) is 24.3. The van der Waals surface area contributed by atoms with Gasteiger partial charge in [0.1, 0.15) is 6.10 Å². The van der Waals surface area contributed by atoms with E-state index < -0.39 is 34.1 Å². The third-order valence-corrected chi connectivity index (χ3v) is 10.0. The van der Waals surface area contributed by atoms with Gasteiger partial charge in [-0.05, 0) is 49.4 Å². The molecule has 0 amide bonds. The largest absolute Gasteiger partial charge is 0.459 e. The molecule has 2 aliphatic heterocycles. The van der Waals surface area contributed by atoms with E-state index in [1.807, 2.05) is 55.4 Å². The average Bonchev–Trinajstić information content (AvgIpc) is 3.74. The van der Waals surface area contributed by atoms with Crippen LogP contribution >= 0.6 is 0 Å². The van der Waals surface area contributed by atoms with Gasteiger partial charge in [-0.25, -0.2) is 8.42 Å². The van der Waals surface area contributed by atoms with Gasteiger partial charge in [-0.3, -0.25) is 9.63 Å². The summed E-state index contributed by atoms with van der Waals surface area (Å²) in [5.74, 6) is -1.07. The number of esters is 1. The maximum Gasteiger partial charge on any atom is 0.306 e. The van der Waals surface area contributed by atoms with Crippen LogP contribution in [0.2, 0.25) is 0 Å². The predicted octanol–water partition coefficient (Wildman–Crippen LogP) is 3.53. The molecule has 1 aliphatic carbocycles. The Kier molecular flexibility index (Phi) is 10.2.